The molecule has 106 valence electrons. The summed E-state index contributed by atoms with van der Waals surface area (Å²) in [5.74, 6) is -0.273. The fraction of sp³-hybridized carbons (Fsp3) is 0.250. The Morgan fingerprint density at radius 1 is 1.05 bits per heavy atom. The van der Waals surface area contributed by atoms with Crippen molar-refractivity contribution in [3.63, 3.8) is 0 Å². The van der Waals surface area contributed by atoms with E-state index in [0.29, 0.717) is 27.7 Å². The summed E-state index contributed by atoms with van der Waals surface area (Å²) in [6.45, 7) is 3.69. The Morgan fingerprint density at radius 3 is 2.45 bits per heavy atom. The smallest absolute Gasteiger partial charge is 0.131 e. The summed E-state index contributed by atoms with van der Waals surface area (Å²) in [5.41, 5.74) is 2.07. The van der Waals surface area contributed by atoms with Crippen LogP contribution in [0.1, 0.15) is 18.9 Å². The zero-order valence-electron chi connectivity index (χ0n) is 11.2. The summed E-state index contributed by atoms with van der Waals surface area (Å²) < 4.78 is 14.2. The molecule has 1 N–H and O–H groups in total. The maximum Gasteiger partial charge on any atom is 0.131 e. The number of rotatable bonds is 5. The maximum absolute atomic E-state index is 14.2. The van der Waals surface area contributed by atoms with Gasteiger partial charge in [-0.1, -0.05) is 48.3 Å². The van der Waals surface area contributed by atoms with E-state index in [1.807, 2.05) is 6.07 Å². The Morgan fingerprint density at radius 2 is 1.80 bits per heavy atom. The van der Waals surface area contributed by atoms with Crippen LogP contribution in [0.15, 0.2) is 36.4 Å². The SMILES string of the molecule is CCCNCc1ccc(-c2ccc(Cl)cc2Cl)c(F)c1. The molecule has 0 aliphatic rings. The molecule has 0 amide bonds. The van der Waals surface area contributed by atoms with Crippen LogP contribution in [0.3, 0.4) is 0 Å². The van der Waals surface area contributed by atoms with Gasteiger partial charge in [-0.05, 0) is 36.7 Å². The van der Waals surface area contributed by atoms with Gasteiger partial charge in [-0.25, -0.2) is 4.39 Å². The van der Waals surface area contributed by atoms with E-state index in [-0.39, 0.29) is 5.82 Å². The molecule has 0 spiro atoms. The molecule has 4 heteroatoms. The van der Waals surface area contributed by atoms with Crippen LogP contribution in [-0.4, -0.2) is 6.54 Å². The van der Waals surface area contributed by atoms with Crippen LogP contribution in [-0.2, 0) is 6.54 Å². The first-order valence-corrected chi connectivity index (χ1v) is 7.32. The van der Waals surface area contributed by atoms with Crippen molar-refractivity contribution < 1.29 is 4.39 Å². The number of benzene rings is 2. The Balaban J connectivity index is 2.25. The molecular weight excluding hydrogens is 296 g/mol. The van der Waals surface area contributed by atoms with Crippen LogP contribution in [0, 0.1) is 5.82 Å². The van der Waals surface area contributed by atoms with Gasteiger partial charge in [0, 0.05) is 27.7 Å². The van der Waals surface area contributed by atoms with Crippen molar-refractivity contribution in [1.29, 1.82) is 0 Å². The molecule has 0 radical (unpaired) electrons. The fourth-order valence-corrected chi connectivity index (χ4v) is 2.51. The van der Waals surface area contributed by atoms with Crippen LogP contribution in [0.4, 0.5) is 4.39 Å². The third-order valence-corrected chi connectivity index (χ3v) is 3.56. The molecule has 20 heavy (non-hydrogen) atoms. The van der Waals surface area contributed by atoms with Crippen molar-refractivity contribution in [3.05, 3.63) is 57.8 Å². The third kappa shape index (κ3) is 3.72. The molecule has 0 atom stereocenters. The average Bonchev–Trinajstić information content (AvgIpc) is 2.40. The van der Waals surface area contributed by atoms with Crippen molar-refractivity contribution in [2.45, 2.75) is 19.9 Å². The summed E-state index contributed by atoms with van der Waals surface area (Å²) >= 11 is 12.0. The Labute approximate surface area is 128 Å². The Kier molecular flexibility index (Phi) is 5.41. The number of nitrogens with one attached hydrogen (secondary N) is 1. The van der Waals surface area contributed by atoms with Gasteiger partial charge in [0.1, 0.15) is 5.82 Å². The highest BCUT2D eigenvalue weighted by molar-refractivity contribution is 6.36. The van der Waals surface area contributed by atoms with E-state index in [4.69, 9.17) is 23.2 Å². The molecule has 1 nitrogen and oxygen atoms in total. The first-order valence-electron chi connectivity index (χ1n) is 6.56. The molecule has 0 saturated heterocycles. The predicted octanol–water partition coefficient (Wildman–Crippen LogP) is 5.30. The first-order chi connectivity index (χ1) is 9.61. The quantitative estimate of drug-likeness (QED) is 0.739. The zero-order valence-corrected chi connectivity index (χ0v) is 12.7. The number of hydrogen-bond donors (Lipinski definition) is 1. The highest BCUT2D eigenvalue weighted by Gasteiger charge is 2.10. The highest BCUT2D eigenvalue weighted by Crippen LogP contribution is 2.32. The minimum atomic E-state index is -0.273. The van der Waals surface area contributed by atoms with Crippen LogP contribution in [0.25, 0.3) is 11.1 Å². The van der Waals surface area contributed by atoms with E-state index in [1.165, 1.54) is 0 Å². The summed E-state index contributed by atoms with van der Waals surface area (Å²) in [5, 5.41) is 4.24. The molecule has 0 heterocycles. The molecule has 2 rings (SSSR count). The third-order valence-electron chi connectivity index (χ3n) is 3.01. The second kappa shape index (κ2) is 7.07. The molecule has 0 unspecified atom stereocenters. The van der Waals surface area contributed by atoms with E-state index in [2.05, 4.69) is 12.2 Å². The normalized spacial score (nSPS) is 10.8. The summed E-state index contributed by atoms with van der Waals surface area (Å²) in [4.78, 5) is 0. The van der Waals surface area contributed by atoms with Gasteiger partial charge in [0.15, 0.2) is 0 Å². The molecule has 0 aliphatic heterocycles. The van der Waals surface area contributed by atoms with E-state index in [0.717, 1.165) is 18.5 Å². The second-order valence-electron chi connectivity index (χ2n) is 4.62. The van der Waals surface area contributed by atoms with Gasteiger partial charge in [-0.2, -0.15) is 0 Å². The number of hydrogen-bond acceptors (Lipinski definition) is 1. The lowest BCUT2D eigenvalue weighted by atomic mass is 10.0. The van der Waals surface area contributed by atoms with E-state index >= 15 is 0 Å². The molecular formula is C16H16Cl2FN. The monoisotopic (exact) mass is 311 g/mol. The fourth-order valence-electron chi connectivity index (χ4n) is 2.00. The van der Waals surface area contributed by atoms with Crippen LogP contribution in [0.2, 0.25) is 10.0 Å². The lowest BCUT2D eigenvalue weighted by Crippen LogP contribution is -2.13. The minimum Gasteiger partial charge on any atom is -0.313 e. The van der Waals surface area contributed by atoms with Gasteiger partial charge in [0.2, 0.25) is 0 Å². The van der Waals surface area contributed by atoms with Gasteiger partial charge >= 0.3 is 0 Å². The van der Waals surface area contributed by atoms with Gasteiger partial charge in [-0.15, -0.1) is 0 Å². The van der Waals surface area contributed by atoms with E-state index in [9.17, 15) is 4.39 Å². The molecule has 0 aliphatic carbocycles. The van der Waals surface area contributed by atoms with E-state index < -0.39 is 0 Å². The lowest BCUT2D eigenvalue weighted by Gasteiger charge is -2.09. The molecule has 2 aromatic rings. The molecule has 0 fully saturated rings. The van der Waals surface area contributed by atoms with Crippen molar-refractivity contribution in [2.24, 2.45) is 0 Å². The lowest BCUT2D eigenvalue weighted by molar-refractivity contribution is 0.622. The second-order valence-corrected chi connectivity index (χ2v) is 5.46. The zero-order chi connectivity index (χ0) is 14.5. The van der Waals surface area contributed by atoms with Crippen LogP contribution < -0.4 is 5.32 Å². The van der Waals surface area contributed by atoms with Crippen LogP contribution in [0.5, 0.6) is 0 Å². The Hall–Kier alpha value is -1.09. The minimum absolute atomic E-state index is 0.273. The van der Waals surface area contributed by atoms with Crippen LogP contribution >= 0.6 is 23.2 Å². The molecule has 0 bridgehead atoms. The van der Waals surface area contributed by atoms with Gasteiger partial charge in [0.05, 0.1) is 0 Å². The van der Waals surface area contributed by atoms with Gasteiger partial charge in [-0.3, -0.25) is 0 Å². The average molecular weight is 312 g/mol. The van der Waals surface area contributed by atoms with Crippen molar-refractivity contribution in [1.82, 2.24) is 5.32 Å². The molecule has 2 aromatic carbocycles. The van der Waals surface area contributed by atoms with Gasteiger partial charge < -0.3 is 5.32 Å². The first kappa shape index (κ1) is 15.3. The Bertz CT molecular complexity index is 599. The molecule has 0 saturated carbocycles. The van der Waals surface area contributed by atoms with Gasteiger partial charge in [0.25, 0.3) is 0 Å². The highest BCUT2D eigenvalue weighted by atomic mass is 35.5. The van der Waals surface area contributed by atoms with E-state index in [1.54, 1.807) is 30.3 Å². The predicted molar refractivity (Wildman–Crippen MR) is 83.9 cm³/mol. The van der Waals surface area contributed by atoms with Crippen molar-refractivity contribution in [3.8, 4) is 11.1 Å². The summed E-state index contributed by atoms with van der Waals surface area (Å²) in [7, 11) is 0. The van der Waals surface area contributed by atoms with Crippen molar-refractivity contribution in [2.75, 3.05) is 6.54 Å². The summed E-state index contributed by atoms with van der Waals surface area (Å²) in [6.07, 6.45) is 1.06. The largest absolute Gasteiger partial charge is 0.313 e. The van der Waals surface area contributed by atoms with Crippen molar-refractivity contribution >= 4 is 23.2 Å². The maximum atomic E-state index is 14.2. The topological polar surface area (TPSA) is 12.0 Å². The standard InChI is InChI=1S/C16H16Cl2FN/c1-2-7-20-10-11-3-5-14(16(19)8-11)13-6-4-12(17)9-15(13)18/h3-6,8-9,20H,2,7,10H2,1H3. The molecule has 0 aromatic heterocycles. The number of halogens is 3. The summed E-state index contributed by atoms with van der Waals surface area (Å²) in [6, 6.07) is 10.3.